The Hall–Kier alpha value is -3.44. The summed E-state index contributed by atoms with van der Waals surface area (Å²) >= 11 is 6.09. The number of hydrogen-bond donors (Lipinski definition) is 1. The predicted octanol–water partition coefficient (Wildman–Crippen LogP) is 4.15. The van der Waals surface area contributed by atoms with Crippen molar-refractivity contribution >= 4 is 33.4 Å². The van der Waals surface area contributed by atoms with Crippen LogP contribution in [0.5, 0.6) is 5.75 Å². The number of rotatable bonds is 13. The molecule has 1 aliphatic heterocycles. The molecule has 1 aliphatic rings. The van der Waals surface area contributed by atoms with Gasteiger partial charge in [-0.2, -0.15) is 4.31 Å². The maximum absolute atomic E-state index is 13.8. The molecular weight excluding hydrogens is 590 g/mol. The minimum atomic E-state index is -3.65. The van der Waals surface area contributed by atoms with Gasteiger partial charge in [-0.3, -0.25) is 9.59 Å². The first-order valence-corrected chi connectivity index (χ1v) is 16.1. The van der Waals surface area contributed by atoms with E-state index in [1.165, 1.54) is 33.5 Å². The van der Waals surface area contributed by atoms with Crippen molar-refractivity contribution in [1.82, 2.24) is 14.5 Å². The summed E-state index contributed by atoms with van der Waals surface area (Å²) in [5, 5.41) is 3.56. The number of nitrogens with zero attached hydrogens (tertiary/aromatic N) is 2. The molecule has 1 unspecified atom stereocenters. The van der Waals surface area contributed by atoms with Crippen molar-refractivity contribution in [2.75, 3.05) is 39.5 Å². The van der Waals surface area contributed by atoms with Gasteiger partial charge in [0.2, 0.25) is 15.9 Å². The number of morpholine rings is 1. The van der Waals surface area contributed by atoms with Gasteiger partial charge in [0, 0.05) is 37.6 Å². The smallest absolute Gasteiger partial charge is 0.261 e. The lowest BCUT2D eigenvalue weighted by Crippen LogP contribution is -2.52. The SMILES string of the molecule is CC(C)CNC(=O)C(Cc1ccccc1)N(Cc1ccc(Cl)cc1)C(=O)COc1ccc(S(=O)(=O)N2CCOCC2)cc1. The summed E-state index contributed by atoms with van der Waals surface area (Å²) in [6.45, 7) is 5.63. The van der Waals surface area contributed by atoms with Crippen molar-refractivity contribution in [2.45, 2.75) is 37.8 Å². The standard InChI is InChI=1S/C32H38ClN3O6S/c1-24(2)21-34-32(38)30(20-25-6-4-3-5-7-25)36(22-26-8-10-27(33)11-9-26)31(37)23-42-28-12-14-29(15-13-28)43(39,40)35-16-18-41-19-17-35/h3-15,24,30H,16-23H2,1-2H3,(H,34,38). The topological polar surface area (TPSA) is 105 Å². The van der Waals surface area contributed by atoms with Crippen LogP contribution in [0.4, 0.5) is 0 Å². The van der Waals surface area contributed by atoms with E-state index in [2.05, 4.69) is 5.32 Å². The van der Waals surface area contributed by atoms with Crippen molar-refractivity contribution in [2.24, 2.45) is 5.92 Å². The molecule has 3 aromatic rings. The zero-order valence-corrected chi connectivity index (χ0v) is 26.0. The van der Waals surface area contributed by atoms with Crippen LogP contribution in [0.15, 0.2) is 83.8 Å². The molecule has 3 aromatic carbocycles. The van der Waals surface area contributed by atoms with Crippen LogP contribution in [0.25, 0.3) is 0 Å². The largest absolute Gasteiger partial charge is 0.484 e. The van der Waals surface area contributed by atoms with Gasteiger partial charge in [0.15, 0.2) is 6.61 Å². The van der Waals surface area contributed by atoms with Crippen LogP contribution >= 0.6 is 11.6 Å². The van der Waals surface area contributed by atoms with Gasteiger partial charge in [-0.15, -0.1) is 0 Å². The molecule has 0 bridgehead atoms. The first-order valence-electron chi connectivity index (χ1n) is 14.3. The third-order valence-corrected chi connectivity index (χ3v) is 9.18. The lowest BCUT2D eigenvalue weighted by atomic mass is 10.0. The number of carbonyl (C=O) groups is 2. The highest BCUT2D eigenvalue weighted by Gasteiger charge is 2.31. The molecule has 11 heteroatoms. The predicted molar refractivity (Wildman–Crippen MR) is 165 cm³/mol. The van der Waals surface area contributed by atoms with Crippen molar-refractivity contribution < 1.29 is 27.5 Å². The molecule has 2 amide bonds. The van der Waals surface area contributed by atoms with Gasteiger partial charge >= 0.3 is 0 Å². The second-order valence-corrected chi connectivity index (χ2v) is 13.1. The number of ether oxygens (including phenoxy) is 2. The molecule has 230 valence electrons. The van der Waals surface area contributed by atoms with E-state index >= 15 is 0 Å². The summed E-state index contributed by atoms with van der Waals surface area (Å²) in [5.41, 5.74) is 1.73. The fourth-order valence-electron chi connectivity index (χ4n) is 4.63. The number of nitrogens with one attached hydrogen (secondary N) is 1. The van der Waals surface area contributed by atoms with E-state index in [9.17, 15) is 18.0 Å². The number of carbonyl (C=O) groups excluding carboxylic acids is 2. The molecule has 1 saturated heterocycles. The Morgan fingerprint density at radius 2 is 1.60 bits per heavy atom. The van der Waals surface area contributed by atoms with Crippen molar-refractivity contribution in [3.8, 4) is 5.75 Å². The minimum Gasteiger partial charge on any atom is -0.484 e. The van der Waals surface area contributed by atoms with Crippen LogP contribution < -0.4 is 10.1 Å². The van der Waals surface area contributed by atoms with E-state index in [0.717, 1.165) is 11.1 Å². The summed E-state index contributed by atoms with van der Waals surface area (Å²) in [5.74, 6) is -0.0668. The highest BCUT2D eigenvalue weighted by molar-refractivity contribution is 7.89. The Balaban J connectivity index is 1.54. The second-order valence-electron chi connectivity index (χ2n) is 10.8. The fraction of sp³-hybridized carbons (Fsp3) is 0.375. The highest BCUT2D eigenvalue weighted by Crippen LogP contribution is 2.22. The summed E-state index contributed by atoms with van der Waals surface area (Å²) < 4.78 is 38.4. The van der Waals surface area contributed by atoms with Crippen LogP contribution in [0, 0.1) is 5.92 Å². The van der Waals surface area contributed by atoms with E-state index in [4.69, 9.17) is 21.1 Å². The average Bonchev–Trinajstić information content (AvgIpc) is 3.02. The first-order chi connectivity index (χ1) is 20.6. The van der Waals surface area contributed by atoms with Gasteiger partial charge in [0.1, 0.15) is 11.8 Å². The van der Waals surface area contributed by atoms with E-state index in [-0.39, 0.29) is 35.8 Å². The number of halogens is 1. The number of amides is 2. The van der Waals surface area contributed by atoms with Crippen molar-refractivity contribution in [3.05, 3.63) is 95.0 Å². The molecule has 0 radical (unpaired) electrons. The highest BCUT2D eigenvalue weighted by atomic mass is 35.5. The molecule has 43 heavy (non-hydrogen) atoms. The molecule has 1 N–H and O–H groups in total. The summed E-state index contributed by atoms with van der Waals surface area (Å²) in [6, 6.07) is 21.9. The van der Waals surface area contributed by atoms with E-state index < -0.39 is 16.1 Å². The second kappa shape index (κ2) is 15.3. The van der Waals surface area contributed by atoms with Crippen LogP contribution in [0.3, 0.4) is 0 Å². The molecule has 0 saturated carbocycles. The maximum atomic E-state index is 13.8. The maximum Gasteiger partial charge on any atom is 0.261 e. The monoisotopic (exact) mass is 627 g/mol. The molecule has 0 aromatic heterocycles. The Morgan fingerprint density at radius 1 is 0.953 bits per heavy atom. The zero-order chi connectivity index (χ0) is 30.8. The van der Waals surface area contributed by atoms with Crippen LogP contribution in [0.1, 0.15) is 25.0 Å². The molecule has 1 fully saturated rings. The molecule has 0 aliphatic carbocycles. The number of benzene rings is 3. The van der Waals surface area contributed by atoms with Gasteiger partial charge in [0.05, 0.1) is 18.1 Å². The van der Waals surface area contributed by atoms with Crippen molar-refractivity contribution in [3.63, 3.8) is 0 Å². The Labute approximate surface area is 258 Å². The van der Waals surface area contributed by atoms with Gasteiger partial charge in [-0.25, -0.2) is 8.42 Å². The summed E-state index contributed by atoms with van der Waals surface area (Å²) in [6.07, 6.45) is 0.318. The Kier molecular flexibility index (Phi) is 11.6. The molecule has 4 rings (SSSR count). The van der Waals surface area contributed by atoms with Gasteiger partial charge in [-0.1, -0.05) is 67.9 Å². The fourth-order valence-corrected chi connectivity index (χ4v) is 6.17. The van der Waals surface area contributed by atoms with Gasteiger partial charge in [0.25, 0.3) is 5.91 Å². The third-order valence-electron chi connectivity index (χ3n) is 7.02. The zero-order valence-electron chi connectivity index (χ0n) is 24.4. The Bertz CT molecular complexity index is 1440. The lowest BCUT2D eigenvalue weighted by molar-refractivity contribution is -0.142. The number of hydrogen-bond acceptors (Lipinski definition) is 6. The lowest BCUT2D eigenvalue weighted by Gasteiger charge is -2.31. The molecule has 1 heterocycles. The van der Waals surface area contributed by atoms with Crippen LogP contribution in [-0.4, -0.2) is 74.9 Å². The normalized spacial score (nSPS) is 14.7. The first kappa shape index (κ1) is 32.5. The van der Waals surface area contributed by atoms with Crippen LogP contribution in [0.2, 0.25) is 5.02 Å². The summed E-state index contributed by atoms with van der Waals surface area (Å²) in [4.78, 5) is 29.0. The molecule has 1 atom stereocenters. The minimum absolute atomic E-state index is 0.141. The van der Waals surface area contributed by atoms with E-state index in [1.54, 1.807) is 12.1 Å². The molecular formula is C32H38ClN3O6S. The van der Waals surface area contributed by atoms with Crippen molar-refractivity contribution in [1.29, 1.82) is 0 Å². The summed E-state index contributed by atoms with van der Waals surface area (Å²) in [7, 11) is -3.65. The quantitative estimate of drug-likeness (QED) is 0.305. The molecule has 0 spiro atoms. The number of sulfonamides is 1. The van der Waals surface area contributed by atoms with Crippen LogP contribution in [-0.2, 0) is 37.3 Å². The van der Waals surface area contributed by atoms with E-state index in [0.29, 0.717) is 50.0 Å². The molecule has 9 nitrogen and oxygen atoms in total. The van der Waals surface area contributed by atoms with Gasteiger partial charge in [-0.05, 0) is 53.4 Å². The Morgan fingerprint density at radius 3 is 2.23 bits per heavy atom. The average molecular weight is 628 g/mol. The van der Waals surface area contributed by atoms with E-state index in [1.807, 2.05) is 56.3 Å². The third kappa shape index (κ3) is 9.27. The van der Waals surface area contributed by atoms with Gasteiger partial charge < -0.3 is 19.7 Å².